The Hall–Kier alpha value is -3.36. The molecule has 1 fully saturated rings. The molecule has 1 aliphatic rings. The number of hydrogen-bond donors (Lipinski definition) is 2. The largest absolute Gasteiger partial charge is 0.480 e. The van der Waals surface area contributed by atoms with Crippen molar-refractivity contribution in [3.63, 3.8) is 0 Å². The summed E-state index contributed by atoms with van der Waals surface area (Å²) in [7, 11) is -1.84. The Kier molecular flexibility index (Phi) is 5.90. The molecule has 0 amide bonds. The maximum absolute atomic E-state index is 13.7. The second kappa shape index (κ2) is 8.64. The second-order valence-corrected chi connectivity index (χ2v) is 9.22. The predicted molar refractivity (Wildman–Crippen MR) is 118 cm³/mol. The molecule has 0 bridgehead atoms. The van der Waals surface area contributed by atoms with Crippen LogP contribution in [0.1, 0.15) is 39.5 Å². The maximum Gasteiger partial charge on any atom is 0.354 e. The highest BCUT2D eigenvalue weighted by atomic mass is 32.2. The average Bonchev–Trinajstić information content (AvgIpc) is 3.55. The number of rotatable bonds is 8. The van der Waals surface area contributed by atoms with Gasteiger partial charge in [0.05, 0.1) is 4.90 Å². The maximum atomic E-state index is 13.7. The topological polar surface area (TPSA) is 108 Å². The van der Waals surface area contributed by atoms with Crippen molar-refractivity contribution >= 4 is 22.9 Å². The van der Waals surface area contributed by atoms with Gasteiger partial charge in [-0.1, -0.05) is 54.1 Å². The molecule has 7 nitrogen and oxygen atoms in total. The quantitative estimate of drug-likeness (QED) is 0.543. The van der Waals surface area contributed by atoms with Crippen molar-refractivity contribution in [1.82, 2.24) is 9.29 Å². The van der Waals surface area contributed by atoms with Crippen LogP contribution in [0.5, 0.6) is 0 Å². The number of pyridine rings is 1. The van der Waals surface area contributed by atoms with E-state index in [2.05, 4.69) is 4.98 Å². The molecule has 0 saturated heterocycles. The van der Waals surface area contributed by atoms with Crippen LogP contribution in [0, 0.1) is 6.92 Å². The number of hydrogen-bond acceptors (Lipinski definition) is 4. The first-order valence-electron chi connectivity index (χ1n) is 10.1. The van der Waals surface area contributed by atoms with Gasteiger partial charge >= 0.3 is 11.9 Å². The molecule has 1 heterocycles. The Bertz CT molecular complexity index is 1180. The predicted octanol–water partition coefficient (Wildman–Crippen LogP) is 3.62. The minimum Gasteiger partial charge on any atom is -0.480 e. The summed E-state index contributed by atoms with van der Waals surface area (Å²) in [6.07, 6.45) is 1.64. The molecule has 0 radical (unpaired) electrons. The van der Waals surface area contributed by atoms with E-state index >= 15 is 0 Å². The second-order valence-electron chi connectivity index (χ2n) is 7.81. The zero-order chi connectivity index (χ0) is 22.9. The molecule has 4 rings (SSSR count). The fourth-order valence-electron chi connectivity index (χ4n) is 3.99. The highest BCUT2D eigenvalue weighted by Gasteiger charge is 2.66. The standard InChI is InChI=1S/C24H22N2O5S/c1-16-9-11-19(12-10-16)32(31)26(15-18-8-5-13-25-21(18)22(27)28)24(23(29)30)14-20(24)17-6-3-2-4-7-17/h2-13,20H,14-15H2,1H3,(H,27,28)(H,29,30). The van der Waals surface area contributed by atoms with Crippen LogP contribution in [-0.4, -0.2) is 41.2 Å². The number of carboxylic acids is 2. The summed E-state index contributed by atoms with van der Waals surface area (Å²) in [6.45, 7) is 1.77. The van der Waals surface area contributed by atoms with Crippen molar-refractivity contribution in [1.29, 1.82) is 0 Å². The number of aryl methyl sites for hydroxylation is 1. The molecular weight excluding hydrogens is 428 g/mol. The highest BCUT2D eigenvalue weighted by molar-refractivity contribution is 7.82. The number of carboxylic acid groups (broad SMARTS) is 2. The van der Waals surface area contributed by atoms with Gasteiger partial charge in [0.15, 0.2) is 5.69 Å². The first-order valence-corrected chi connectivity index (χ1v) is 11.2. The molecule has 0 spiro atoms. The Morgan fingerprint density at radius 2 is 1.75 bits per heavy atom. The van der Waals surface area contributed by atoms with Crippen LogP contribution in [0.15, 0.2) is 77.8 Å². The van der Waals surface area contributed by atoms with Gasteiger partial charge in [-0.15, -0.1) is 0 Å². The van der Waals surface area contributed by atoms with Crippen molar-refractivity contribution in [2.75, 3.05) is 0 Å². The third kappa shape index (κ3) is 3.94. The molecular formula is C24H22N2O5S. The number of carbonyl (C=O) groups is 2. The lowest BCUT2D eigenvalue weighted by Gasteiger charge is -2.29. The van der Waals surface area contributed by atoms with Crippen LogP contribution in [0.3, 0.4) is 0 Å². The van der Waals surface area contributed by atoms with Crippen LogP contribution >= 0.6 is 0 Å². The normalized spacial score (nSPS) is 20.6. The van der Waals surface area contributed by atoms with E-state index in [-0.39, 0.29) is 24.6 Å². The molecule has 3 aromatic rings. The van der Waals surface area contributed by atoms with Gasteiger partial charge in [0.1, 0.15) is 16.5 Å². The minimum atomic E-state index is -1.84. The Labute approximate surface area is 187 Å². The molecule has 164 valence electrons. The van der Waals surface area contributed by atoms with Crippen LogP contribution in [0.2, 0.25) is 0 Å². The molecule has 0 aliphatic heterocycles. The average molecular weight is 451 g/mol. The van der Waals surface area contributed by atoms with Gasteiger partial charge in [-0.3, -0.25) is 4.79 Å². The number of benzene rings is 2. The first kappa shape index (κ1) is 21.9. The first-order chi connectivity index (χ1) is 15.3. The van der Waals surface area contributed by atoms with E-state index in [1.165, 1.54) is 10.5 Å². The third-order valence-corrected chi connectivity index (χ3v) is 7.31. The van der Waals surface area contributed by atoms with Gasteiger partial charge in [-0.05, 0) is 37.1 Å². The number of aromatic carboxylic acids is 1. The molecule has 8 heteroatoms. The summed E-state index contributed by atoms with van der Waals surface area (Å²) in [6, 6.07) is 19.4. The number of nitrogens with zero attached hydrogens (tertiary/aromatic N) is 2. The monoisotopic (exact) mass is 450 g/mol. The van der Waals surface area contributed by atoms with Gasteiger partial charge < -0.3 is 10.2 Å². The lowest BCUT2D eigenvalue weighted by molar-refractivity contribution is -0.143. The zero-order valence-corrected chi connectivity index (χ0v) is 18.2. The lowest BCUT2D eigenvalue weighted by Crippen LogP contribution is -2.45. The van der Waals surface area contributed by atoms with Crippen molar-refractivity contribution in [3.8, 4) is 0 Å². The molecule has 2 aromatic carbocycles. The van der Waals surface area contributed by atoms with Crippen LogP contribution < -0.4 is 0 Å². The van der Waals surface area contributed by atoms with Gasteiger partial charge in [0.25, 0.3) is 0 Å². The molecule has 32 heavy (non-hydrogen) atoms. The molecule has 1 aliphatic carbocycles. The highest BCUT2D eigenvalue weighted by Crippen LogP contribution is 2.57. The summed E-state index contributed by atoms with van der Waals surface area (Å²) >= 11 is 0. The zero-order valence-electron chi connectivity index (χ0n) is 17.3. The minimum absolute atomic E-state index is 0.133. The van der Waals surface area contributed by atoms with Crippen molar-refractivity contribution in [2.24, 2.45) is 0 Å². The summed E-state index contributed by atoms with van der Waals surface area (Å²) in [5.41, 5.74) is 0.517. The summed E-state index contributed by atoms with van der Waals surface area (Å²) < 4.78 is 15.1. The van der Waals surface area contributed by atoms with Gasteiger partial charge in [0.2, 0.25) is 0 Å². The van der Waals surface area contributed by atoms with E-state index in [0.29, 0.717) is 10.5 Å². The molecule has 1 aromatic heterocycles. The fraction of sp³-hybridized carbons (Fsp3) is 0.208. The van der Waals surface area contributed by atoms with Gasteiger partial charge in [-0.25, -0.2) is 14.0 Å². The number of aliphatic carboxylic acids is 1. The molecule has 3 atom stereocenters. The molecule has 1 saturated carbocycles. The Morgan fingerprint density at radius 3 is 2.38 bits per heavy atom. The van der Waals surface area contributed by atoms with E-state index in [4.69, 9.17) is 0 Å². The third-order valence-electron chi connectivity index (χ3n) is 5.78. The van der Waals surface area contributed by atoms with E-state index in [1.807, 2.05) is 49.4 Å². The van der Waals surface area contributed by atoms with E-state index in [9.17, 15) is 24.0 Å². The van der Waals surface area contributed by atoms with Crippen LogP contribution in [0.4, 0.5) is 0 Å². The van der Waals surface area contributed by atoms with Gasteiger partial charge in [-0.2, -0.15) is 4.31 Å². The Morgan fingerprint density at radius 1 is 1.06 bits per heavy atom. The van der Waals surface area contributed by atoms with Crippen molar-refractivity contribution in [3.05, 3.63) is 95.3 Å². The van der Waals surface area contributed by atoms with Crippen molar-refractivity contribution in [2.45, 2.75) is 36.2 Å². The van der Waals surface area contributed by atoms with E-state index in [1.54, 1.807) is 24.3 Å². The summed E-state index contributed by atoms with van der Waals surface area (Å²) in [4.78, 5) is 28.7. The van der Waals surface area contributed by atoms with Crippen LogP contribution in [0.25, 0.3) is 0 Å². The SMILES string of the molecule is Cc1ccc(S(=O)N(Cc2cccnc2C(=O)O)C2(C(=O)O)CC2c2ccccc2)cc1. The summed E-state index contributed by atoms with van der Waals surface area (Å²) in [5, 5.41) is 19.8. The lowest BCUT2D eigenvalue weighted by atomic mass is 10.1. The van der Waals surface area contributed by atoms with Crippen LogP contribution in [-0.2, 0) is 22.3 Å². The van der Waals surface area contributed by atoms with Gasteiger partial charge in [0, 0.05) is 24.2 Å². The van der Waals surface area contributed by atoms with E-state index in [0.717, 1.165) is 11.1 Å². The fourth-order valence-corrected chi connectivity index (χ4v) is 5.45. The summed E-state index contributed by atoms with van der Waals surface area (Å²) in [5.74, 6) is -2.69. The van der Waals surface area contributed by atoms with E-state index < -0.39 is 28.5 Å². The smallest absolute Gasteiger partial charge is 0.354 e. The Balaban J connectivity index is 1.80. The van der Waals surface area contributed by atoms with Crippen molar-refractivity contribution < 1.29 is 24.0 Å². The molecule has 2 N–H and O–H groups in total. The number of aromatic nitrogens is 1. The molecule has 3 unspecified atom stereocenters.